The predicted molar refractivity (Wildman–Crippen MR) is 34.2 cm³/mol. The summed E-state index contributed by atoms with van der Waals surface area (Å²) in [5, 5.41) is 16.0. The Labute approximate surface area is 58.9 Å². The standard InChI is InChI=1S/C5H4N2O2S/c1-5(4-7)10(8,9)3-2-6/h1,3H2. The van der Waals surface area contributed by atoms with Gasteiger partial charge in [-0.1, -0.05) is 6.58 Å². The van der Waals surface area contributed by atoms with Crippen molar-refractivity contribution in [2.45, 2.75) is 0 Å². The zero-order valence-corrected chi connectivity index (χ0v) is 5.85. The maximum atomic E-state index is 10.6. The van der Waals surface area contributed by atoms with Crippen LogP contribution >= 0.6 is 0 Å². The van der Waals surface area contributed by atoms with Crippen molar-refractivity contribution >= 4 is 9.84 Å². The molecule has 4 nitrogen and oxygen atoms in total. The Morgan fingerprint density at radius 1 is 1.50 bits per heavy atom. The molecule has 0 aromatic heterocycles. The Balaban J connectivity index is 4.68. The number of sulfone groups is 1. The maximum absolute atomic E-state index is 10.6. The fraction of sp³-hybridized carbons (Fsp3) is 0.200. The number of nitriles is 2. The quantitative estimate of drug-likeness (QED) is 0.525. The Morgan fingerprint density at radius 3 is 2.30 bits per heavy atom. The van der Waals surface area contributed by atoms with Crippen molar-refractivity contribution in [3.63, 3.8) is 0 Å². The zero-order valence-electron chi connectivity index (χ0n) is 5.03. The minimum absolute atomic E-state index is 0.561. The molecule has 0 aromatic carbocycles. The van der Waals surface area contributed by atoms with Gasteiger partial charge < -0.3 is 0 Å². The highest BCUT2D eigenvalue weighted by atomic mass is 32.2. The molecule has 0 fully saturated rings. The van der Waals surface area contributed by atoms with E-state index in [4.69, 9.17) is 10.5 Å². The normalized spacial score (nSPS) is 9.40. The van der Waals surface area contributed by atoms with E-state index < -0.39 is 20.5 Å². The molecule has 0 unspecified atom stereocenters. The Bertz CT molecular complexity index is 315. The van der Waals surface area contributed by atoms with Crippen LogP contribution in [-0.4, -0.2) is 14.2 Å². The summed E-state index contributed by atoms with van der Waals surface area (Å²) >= 11 is 0. The summed E-state index contributed by atoms with van der Waals surface area (Å²) in [6, 6.07) is 2.78. The van der Waals surface area contributed by atoms with Gasteiger partial charge in [0.05, 0.1) is 6.07 Å². The number of nitrogens with zero attached hydrogens (tertiary/aromatic N) is 2. The lowest BCUT2D eigenvalue weighted by Gasteiger charge is -1.90. The van der Waals surface area contributed by atoms with Gasteiger partial charge in [0, 0.05) is 0 Å². The summed E-state index contributed by atoms with van der Waals surface area (Å²) in [4.78, 5) is -0.561. The molecule has 0 atom stereocenters. The first-order valence-corrected chi connectivity index (χ1v) is 3.88. The molecule has 0 aliphatic carbocycles. The minimum Gasteiger partial charge on any atom is -0.222 e. The lowest BCUT2D eigenvalue weighted by atomic mass is 10.7. The van der Waals surface area contributed by atoms with E-state index >= 15 is 0 Å². The SMILES string of the molecule is C=C(C#N)S(=O)(=O)CC#N. The third-order valence-corrected chi connectivity index (χ3v) is 2.11. The van der Waals surface area contributed by atoms with Gasteiger partial charge in [-0.3, -0.25) is 0 Å². The molecule has 5 heteroatoms. The molecule has 10 heavy (non-hydrogen) atoms. The number of hydrogen-bond donors (Lipinski definition) is 0. The first-order chi connectivity index (χ1) is 4.54. The van der Waals surface area contributed by atoms with Crippen LogP contribution in [0.2, 0.25) is 0 Å². The van der Waals surface area contributed by atoms with E-state index in [1.807, 2.05) is 0 Å². The largest absolute Gasteiger partial charge is 0.222 e. The fourth-order valence-electron chi connectivity index (χ4n) is 0.242. The van der Waals surface area contributed by atoms with E-state index in [9.17, 15) is 8.42 Å². The Hall–Kier alpha value is -1.33. The molecule has 0 aliphatic rings. The van der Waals surface area contributed by atoms with Crippen molar-refractivity contribution < 1.29 is 8.42 Å². The molecule has 0 saturated heterocycles. The molecule has 0 bridgehead atoms. The van der Waals surface area contributed by atoms with Crippen LogP contribution in [0, 0.1) is 22.7 Å². The van der Waals surface area contributed by atoms with E-state index in [2.05, 4.69) is 6.58 Å². The molecule has 0 aromatic rings. The van der Waals surface area contributed by atoms with Gasteiger partial charge >= 0.3 is 0 Å². The van der Waals surface area contributed by atoms with Crippen molar-refractivity contribution in [3.8, 4) is 12.1 Å². The van der Waals surface area contributed by atoms with Gasteiger partial charge in [-0.05, 0) is 0 Å². The van der Waals surface area contributed by atoms with Gasteiger partial charge in [-0.2, -0.15) is 10.5 Å². The minimum atomic E-state index is -3.68. The van der Waals surface area contributed by atoms with Crippen LogP contribution < -0.4 is 0 Å². The summed E-state index contributed by atoms with van der Waals surface area (Å²) in [7, 11) is -3.68. The van der Waals surface area contributed by atoms with E-state index in [1.54, 1.807) is 0 Å². The number of allylic oxidation sites excluding steroid dienone is 1. The molecule has 0 rings (SSSR count). The van der Waals surface area contributed by atoms with Crippen LogP contribution in [0.1, 0.15) is 0 Å². The van der Waals surface area contributed by atoms with Gasteiger partial charge in [0.25, 0.3) is 0 Å². The molecule has 0 saturated carbocycles. The van der Waals surface area contributed by atoms with Gasteiger partial charge in [-0.25, -0.2) is 8.42 Å². The third kappa shape index (κ3) is 1.88. The Kier molecular flexibility index (Phi) is 2.60. The second kappa shape index (κ2) is 3.00. The average molecular weight is 156 g/mol. The lowest BCUT2D eigenvalue weighted by Crippen LogP contribution is -2.04. The first-order valence-electron chi connectivity index (χ1n) is 2.23. The number of hydrogen-bond acceptors (Lipinski definition) is 4. The maximum Gasteiger partial charge on any atom is 0.201 e. The smallest absolute Gasteiger partial charge is 0.201 e. The fourth-order valence-corrected chi connectivity index (χ4v) is 0.725. The monoisotopic (exact) mass is 156 g/mol. The molecule has 0 amide bonds. The summed E-state index contributed by atoms with van der Waals surface area (Å²) in [6.45, 7) is 2.96. The molecule has 0 spiro atoms. The van der Waals surface area contributed by atoms with Crippen molar-refractivity contribution in [3.05, 3.63) is 11.5 Å². The molecule has 0 N–H and O–H groups in total. The topological polar surface area (TPSA) is 81.7 Å². The zero-order chi connectivity index (χ0) is 8.20. The summed E-state index contributed by atoms with van der Waals surface area (Å²) < 4.78 is 21.2. The van der Waals surface area contributed by atoms with Crippen LogP contribution in [0.25, 0.3) is 0 Å². The van der Waals surface area contributed by atoms with Crippen molar-refractivity contribution in [1.82, 2.24) is 0 Å². The highest BCUT2D eigenvalue weighted by Gasteiger charge is 2.13. The van der Waals surface area contributed by atoms with Crippen LogP contribution in [0.3, 0.4) is 0 Å². The van der Waals surface area contributed by atoms with Crippen LogP contribution in [-0.2, 0) is 9.84 Å². The number of rotatable bonds is 2. The van der Waals surface area contributed by atoms with Gasteiger partial charge in [0.2, 0.25) is 9.84 Å². The van der Waals surface area contributed by atoms with Crippen molar-refractivity contribution in [2.75, 3.05) is 5.75 Å². The highest BCUT2D eigenvalue weighted by molar-refractivity contribution is 7.95. The summed E-state index contributed by atoms with van der Waals surface area (Å²) in [6.07, 6.45) is 0. The second-order valence-electron chi connectivity index (χ2n) is 1.45. The van der Waals surface area contributed by atoms with E-state index in [0.717, 1.165) is 0 Å². The molecule has 0 aliphatic heterocycles. The van der Waals surface area contributed by atoms with Crippen LogP contribution in [0.5, 0.6) is 0 Å². The molecular formula is C5H4N2O2S. The molecule has 52 valence electrons. The van der Waals surface area contributed by atoms with E-state index in [-0.39, 0.29) is 0 Å². The Morgan fingerprint density at radius 2 is 2.00 bits per heavy atom. The summed E-state index contributed by atoms with van der Waals surface area (Å²) in [5.74, 6) is -0.681. The van der Waals surface area contributed by atoms with Gasteiger partial charge in [0.15, 0.2) is 0 Å². The second-order valence-corrected chi connectivity index (χ2v) is 3.46. The van der Waals surface area contributed by atoms with Crippen molar-refractivity contribution in [1.29, 1.82) is 10.5 Å². The van der Waals surface area contributed by atoms with Gasteiger partial charge in [-0.15, -0.1) is 0 Å². The summed E-state index contributed by atoms with van der Waals surface area (Å²) in [5.41, 5.74) is 0. The lowest BCUT2D eigenvalue weighted by molar-refractivity contribution is 0.606. The van der Waals surface area contributed by atoms with E-state index in [0.29, 0.717) is 0 Å². The highest BCUT2D eigenvalue weighted by Crippen LogP contribution is 2.00. The first kappa shape index (κ1) is 8.67. The van der Waals surface area contributed by atoms with E-state index in [1.165, 1.54) is 12.1 Å². The average Bonchev–Trinajstić information content (AvgIpc) is 1.86. The third-order valence-electron chi connectivity index (χ3n) is 0.755. The van der Waals surface area contributed by atoms with Gasteiger partial charge in [0.1, 0.15) is 16.7 Å². The van der Waals surface area contributed by atoms with Crippen molar-refractivity contribution in [2.24, 2.45) is 0 Å². The molecule has 0 heterocycles. The van der Waals surface area contributed by atoms with Crippen LogP contribution in [0.4, 0.5) is 0 Å². The molecular weight excluding hydrogens is 152 g/mol. The molecule has 0 radical (unpaired) electrons. The predicted octanol–water partition coefficient (Wildman–Crippen LogP) is -0.0379. The van der Waals surface area contributed by atoms with Crippen LogP contribution in [0.15, 0.2) is 11.5 Å².